The number of aliphatic hydroxyl groups is 1. The van der Waals surface area contributed by atoms with E-state index in [1.54, 1.807) is 0 Å². The standard InChI is InChI=1S/C11H18O3/c1-2-3-4-5-6-7-10(12)8-9-11(13)14/h10,12H,2-5,8-9H2,1H3,(H,13,14). The summed E-state index contributed by atoms with van der Waals surface area (Å²) in [6.45, 7) is 2.12. The van der Waals surface area contributed by atoms with Gasteiger partial charge in [0.2, 0.25) is 0 Å². The lowest BCUT2D eigenvalue weighted by molar-refractivity contribution is -0.137. The quantitative estimate of drug-likeness (QED) is 0.505. The zero-order chi connectivity index (χ0) is 10.8. The molecule has 0 aromatic carbocycles. The van der Waals surface area contributed by atoms with Crippen molar-refractivity contribution in [3.8, 4) is 11.8 Å². The Morgan fingerprint density at radius 3 is 2.71 bits per heavy atom. The summed E-state index contributed by atoms with van der Waals surface area (Å²) in [5, 5.41) is 17.6. The van der Waals surface area contributed by atoms with Crippen LogP contribution < -0.4 is 0 Å². The maximum Gasteiger partial charge on any atom is 0.303 e. The zero-order valence-electron chi connectivity index (χ0n) is 8.62. The number of aliphatic carboxylic acids is 1. The summed E-state index contributed by atoms with van der Waals surface area (Å²) >= 11 is 0. The Labute approximate surface area is 85.1 Å². The Kier molecular flexibility index (Phi) is 7.96. The first kappa shape index (κ1) is 13.0. The normalized spacial score (nSPS) is 11.6. The van der Waals surface area contributed by atoms with Crippen molar-refractivity contribution in [2.45, 2.75) is 51.6 Å². The second-order valence-corrected chi connectivity index (χ2v) is 3.23. The van der Waals surface area contributed by atoms with Gasteiger partial charge in [0, 0.05) is 12.8 Å². The van der Waals surface area contributed by atoms with Crippen LogP contribution in [0.4, 0.5) is 0 Å². The molecule has 0 fully saturated rings. The van der Waals surface area contributed by atoms with Crippen LogP contribution in [0.3, 0.4) is 0 Å². The number of carbonyl (C=O) groups is 1. The molecule has 0 bridgehead atoms. The Morgan fingerprint density at radius 2 is 2.14 bits per heavy atom. The van der Waals surface area contributed by atoms with Crippen LogP contribution in [0, 0.1) is 11.8 Å². The molecule has 1 unspecified atom stereocenters. The average molecular weight is 198 g/mol. The number of carboxylic acid groups (broad SMARTS) is 1. The highest BCUT2D eigenvalue weighted by Crippen LogP contribution is 1.98. The molecular formula is C11H18O3. The van der Waals surface area contributed by atoms with E-state index in [-0.39, 0.29) is 12.8 Å². The van der Waals surface area contributed by atoms with Crippen molar-refractivity contribution in [2.75, 3.05) is 0 Å². The van der Waals surface area contributed by atoms with Crippen molar-refractivity contribution in [2.24, 2.45) is 0 Å². The Hall–Kier alpha value is -1.01. The number of hydrogen-bond acceptors (Lipinski definition) is 2. The van der Waals surface area contributed by atoms with Gasteiger partial charge in [-0.2, -0.15) is 0 Å². The molecule has 0 saturated heterocycles. The van der Waals surface area contributed by atoms with Gasteiger partial charge in [0.05, 0.1) is 0 Å². The second kappa shape index (κ2) is 8.58. The van der Waals surface area contributed by atoms with E-state index < -0.39 is 12.1 Å². The van der Waals surface area contributed by atoms with E-state index in [9.17, 15) is 9.90 Å². The number of hydrogen-bond donors (Lipinski definition) is 2. The maximum atomic E-state index is 10.2. The SMILES string of the molecule is CCCCCC#CC(O)CCC(=O)O. The summed E-state index contributed by atoms with van der Waals surface area (Å²) in [5.41, 5.74) is 0. The van der Waals surface area contributed by atoms with Crippen molar-refractivity contribution in [3.63, 3.8) is 0 Å². The van der Waals surface area contributed by atoms with E-state index in [2.05, 4.69) is 18.8 Å². The van der Waals surface area contributed by atoms with Crippen LogP contribution in [0.25, 0.3) is 0 Å². The largest absolute Gasteiger partial charge is 0.481 e. The van der Waals surface area contributed by atoms with E-state index in [0.717, 1.165) is 25.7 Å². The van der Waals surface area contributed by atoms with E-state index in [4.69, 9.17) is 5.11 Å². The average Bonchev–Trinajstić information content (AvgIpc) is 2.14. The lowest BCUT2D eigenvalue weighted by atomic mass is 10.1. The van der Waals surface area contributed by atoms with Gasteiger partial charge < -0.3 is 10.2 Å². The predicted molar refractivity (Wildman–Crippen MR) is 54.8 cm³/mol. The molecule has 0 rings (SSSR count). The molecular weight excluding hydrogens is 180 g/mol. The number of carboxylic acids is 1. The van der Waals surface area contributed by atoms with Crippen molar-refractivity contribution in [1.29, 1.82) is 0 Å². The van der Waals surface area contributed by atoms with Crippen LogP contribution in [0.1, 0.15) is 45.4 Å². The Bertz CT molecular complexity index is 212. The molecule has 0 aliphatic carbocycles. The van der Waals surface area contributed by atoms with Crippen molar-refractivity contribution < 1.29 is 15.0 Å². The molecule has 0 aliphatic rings. The number of aliphatic hydroxyl groups excluding tert-OH is 1. The third-order valence-corrected chi connectivity index (χ3v) is 1.81. The fourth-order valence-corrected chi connectivity index (χ4v) is 0.986. The first-order valence-corrected chi connectivity index (χ1v) is 5.05. The van der Waals surface area contributed by atoms with E-state index in [0.29, 0.717) is 0 Å². The van der Waals surface area contributed by atoms with Gasteiger partial charge in [-0.3, -0.25) is 4.79 Å². The molecule has 3 nitrogen and oxygen atoms in total. The van der Waals surface area contributed by atoms with E-state index in [1.165, 1.54) is 0 Å². The smallest absolute Gasteiger partial charge is 0.303 e. The lowest BCUT2D eigenvalue weighted by Crippen LogP contribution is -2.06. The van der Waals surface area contributed by atoms with Crippen LogP contribution in [0.15, 0.2) is 0 Å². The molecule has 0 aliphatic heterocycles. The van der Waals surface area contributed by atoms with Crippen molar-refractivity contribution in [3.05, 3.63) is 0 Å². The zero-order valence-corrected chi connectivity index (χ0v) is 8.62. The molecule has 2 N–H and O–H groups in total. The summed E-state index contributed by atoms with van der Waals surface area (Å²) in [7, 11) is 0. The summed E-state index contributed by atoms with van der Waals surface area (Å²) < 4.78 is 0. The van der Waals surface area contributed by atoms with Gasteiger partial charge >= 0.3 is 5.97 Å². The van der Waals surface area contributed by atoms with Crippen LogP contribution in [0.5, 0.6) is 0 Å². The second-order valence-electron chi connectivity index (χ2n) is 3.23. The highest BCUT2D eigenvalue weighted by atomic mass is 16.4. The molecule has 0 saturated carbocycles. The van der Waals surface area contributed by atoms with Crippen molar-refractivity contribution in [1.82, 2.24) is 0 Å². The van der Waals surface area contributed by atoms with Gasteiger partial charge in [0.25, 0.3) is 0 Å². The van der Waals surface area contributed by atoms with Crippen LogP contribution >= 0.6 is 0 Å². The fourth-order valence-electron chi connectivity index (χ4n) is 0.986. The van der Waals surface area contributed by atoms with Gasteiger partial charge in [-0.15, -0.1) is 5.92 Å². The minimum absolute atomic E-state index is 0.0230. The molecule has 0 amide bonds. The topological polar surface area (TPSA) is 57.5 Å². The summed E-state index contributed by atoms with van der Waals surface area (Å²) in [4.78, 5) is 10.2. The summed E-state index contributed by atoms with van der Waals surface area (Å²) in [6.07, 6.45) is 3.56. The van der Waals surface area contributed by atoms with Gasteiger partial charge in [-0.25, -0.2) is 0 Å². The van der Waals surface area contributed by atoms with Crippen LogP contribution in [-0.2, 0) is 4.79 Å². The molecule has 1 atom stereocenters. The van der Waals surface area contributed by atoms with E-state index in [1.807, 2.05) is 0 Å². The van der Waals surface area contributed by atoms with E-state index >= 15 is 0 Å². The van der Waals surface area contributed by atoms with Gasteiger partial charge in [0.1, 0.15) is 6.10 Å². The molecule has 3 heteroatoms. The lowest BCUT2D eigenvalue weighted by Gasteiger charge is -1.98. The summed E-state index contributed by atoms with van der Waals surface area (Å²) in [6, 6.07) is 0. The fraction of sp³-hybridized carbons (Fsp3) is 0.727. The third-order valence-electron chi connectivity index (χ3n) is 1.81. The number of rotatable bonds is 6. The first-order valence-electron chi connectivity index (χ1n) is 5.05. The molecule has 14 heavy (non-hydrogen) atoms. The molecule has 0 radical (unpaired) electrons. The molecule has 0 spiro atoms. The minimum Gasteiger partial charge on any atom is -0.481 e. The van der Waals surface area contributed by atoms with Gasteiger partial charge in [-0.1, -0.05) is 25.7 Å². The Balaban J connectivity index is 3.48. The molecule has 0 heterocycles. The summed E-state index contributed by atoms with van der Waals surface area (Å²) in [5.74, 6) is 4.60. The van der Waals surface area contributed by atoms with Crippen LogP contribution in [0.2, 0.25) is 0 Å². The third kappa shape index (κ3) is 9.08. The minimum atomic E-state index is -0.892. The highest BCUT2D eigenvalue weighted by Gasteiger charge is 2.02. The molecule has 80 valence electrons. The van der Waals surface area contributed by atoms with Crippen molar-refractivity contribution >= 4 is 5.97 Å². The molecule has 0 aromatic rings. The monoisotopic (exact) mass is 198 g/mol. The first-order chi connectivity index (χ1) is 6.66. The van der Waals surface area contributed by atoms with Crippen LogP contribution in [-0.4, -0.2) is 22.3 Å². The molecule has 0 aromatic heterocycles. The van der Waals surface area contributed by atoms with Gasteiger partial charge in [-0.05, 0) is 12.8 Å². The van der Waals surface area contributed by atoms with Gasteiger partial charge in [0.15, 0.2) is 0 Å². The Morgan fingerprint density at radius 1 is 1.43 bits per heavy atom. The highest BCUT2D eigenvalue weighted by molar-refractivity contribution is 5.66. The number of unbranched alkanes of at least 4 members (excludes halogenated alkanes) is 3. The predicted octanol–water partition coefficient (Wildman–Crippen LogP) is 1.80. The maximum absolute atomic E-state index is 10.2.